The topological polar surface area (TPSA) is 105 Å². The maximum Gasteiger partial charge on any atom is 0.312 e. The van der Waals surface area contributed by atoms with Crippen LogP contribution in [0.25, 0.3) is 0 Å². The van der Waals surface area contributed by atoms with Crippen molar-refractivity contribution >= 4 is 23.9 Å². The fourth-order valence-corrected chi connectivity index (χ4v) is 7.14. The molecule has 0 amide bonds. The van der Waals surface area contributed by atoms with Crippen LogP contribution >= 0.6 is 0 Å². The second-order valence-electron chi connectivity index (χ2n) is 13.1. The molecule has 0 radical (unpaired) electrons. The molecular formula is C33H60O8. The second-order valence-corrected chi connectivity index (χ2v) is 13.1. The Balaban J connectivity index is 0.00000400. The van der Waals surface area contributed by atoms with Crippen LogP contribution in [0.15, 0.2) is 0 Å². The van der Waals surface area contributed by atoms with Crippen molar-refractivity contribution in [1.82, 2.24) is 0 Å². The van der Waals surface area contributed by atoms with Gasteiger partial charge in [0.25, 0.3) is 0 Å². The van der Waals surface area contributed by atoms with Gasteiger partial charge in [-0.3, -0.25) is 19.2 Å². The Labute approximate surface area is 250 Å². The number of rotatable bonds is 9. The van der Waals surface area contributed by atoms with Crippen LogP contribution in [0.2, 0.25) is 0 Å². The predicted molar refractivity (Wildman–Crippen MR) is 161 cm³/mol. The van der Waals surface area contributed by atoms with E-state index in [9.17, 15) is 19.2 Å². The van der Waals surface area contributed by atoms with Crippen LogP contribution in [0.3, 0.4) is 0 Å². The molecule has 8 nitrogen and oxygen atoms in total. The molecule has 9 unspecified atom stereocenters. The summed E-state index contributed by atoms with van der Waals surface area (Å²) in [6.45, 7) is 12.9. The minimum atomic E-state index is -0.895. The molecule has 0 spiro atoms. The summed E-state index contributed by atoms with van der Waals surface area (Å²) in [7, 11) is 0. The van der Waals surface area contributed by atoms with E-state index >= 15 is 0 Å². The number of carbonyl (C=O) groups excluding carboxylic acids is 4. The summed E-state index contributed by atoms with van der Waals surface area (Å²) in [5.74, 6) is -0.911. The van der Waals surface area contributed by atoms with Crippen LogP contribution in [0.1, 0.15) is 123 Å². The standard InChI is InChI=1S/C29H44O8.4CH4/c1-8-17(25(31)35-23-18-11-20-21(12-18)26(32)36-24(20)23)14-28(4,5)27(33)37-29(6,7)19-10-9-15(2)22(13-19)34-16(3)30;;;;/h15,17-24H,8-14H2,1-7H3;4*1H4. The van der Waals surface area contributed by atoms with Gasteiger partial charge < -0.3 is 18.9 Å². The summed E-state index contributed by atoms with van der Waals surface area (Å²) < 4.78 is 23.1. The zero-order valence-electron chi connectivity index (χ0n) is 23.4. The first-order chi connectivity index (χ1) is 17.2. The van der Waals surface area contributed by atoms with Crippen LogP contribution in [0.5, 0.6) is 0 Å². The normalized spacial score (nSPS) is 32.1. The Morgan fingerprint density at radius 2 is 1.61 bits per heavy atom. The van der Waals surface area contributed by atoms with Gasteiger partial charge in [-0.2, -0.15) is 0 Å². The summed E-state index contributed by atoms with van der Waals surface area (Å²) in [6, 6.07) is 0. The van der Waals surface area contributed by atoms with Gasteiger partial charge in [-0.1, -0.05) is 43.6 Å². The highest BCUT2D eigenvalue weighted by atomic mass is 16.6. The van der Waals surface area contributed by atoms with E-state index in [0.29, 0.717) is 19.3 Å². The Kier molecular flexibility index (Phi) is 13.6. The van der Waals surface area contributed by atoms with E-state index in [4.69, 9.17) is 18.9 Å². The smallest absolute Gasteiger partial charge is 0.312 e. The molecule has 0 N–H and O–H groups in total. The fraction of sp³-hybridized carbons (Fsp3) is 0.879. The molecule has 0 aromatic carbocycles. The zero-order chi connectivity index (χ0) is 27.3. The van der Waals surface area contributed by atoms with E-state index in [0.717, 1.165) is 25.7 Å². The van der Waals surface area contributed by atoms with Gasteiger partial charge in [0.15, 0.2) is 0 Å². The molecule has 1 heterocycles. The van der Waals surface area contributed by atoms with Gasteiger partial charge in [0, 0.05) is 24.7 Å². The maximum atomic E-state index is 13.4. The molecule has 2 bridgehead atoms. The number of ether oxygens (including phenoxy) is 4. The highest BCUT2D eigenvalue weighted by Crippen LogP contribution is 2.55. The van der Waals surface area contributed by atoms with Crippen LogP contribution < -0.4 is 0 Å². The first kappa shape index (κ1) is 38.9. The first-order valence-electron chi connectivity index (χ1n) is 14.0. The monoisotopic (exact) mass is 584 g/mol. The van der Waals surface area contributed by atoms with Gasteiger partial charge in [-0.25, -0.2) is 0 Å². The molecule has 3 aliphatic carbocycles. The third-order valence-corrected chi connectivity index (χ3v) is 9.58. The van der Waals surface area contributed by atoms with E-state index < -0.39 is 16.9 Å². The van der Waals surface area contributed by atoms with Crippen molar-refractivity contribution in [3.8, 4) is 0 Å². The molecule has 4 fully saturated rings. The van der Waals surface area contributed by atoms with E-state index in [1.54, 1.807) is 0 Å². The van der Waals surface area contributed by atoms with Crippen molar-refractivity contribution < 1.29 is 38.1 Å². The fourth-order valence-electron chi connectivity index (χ4n) is 7.14. The maximum absolute atomic E-state index is 13.4. The number of fused-ring (bicyclic) bond motifs is 1. The van der Waals surface area contributed by atoms with Crippen molar-refractivity contribution in [2.45, 2.75) is 147 Å². The van der Waals surface area contributed by atoms with E-state index in [1.807, 2.05) is 34.6 Å². The van der Waals surface area contributed by atoms with E-state index in [1.165, 1.54) is 6.92 Å². The molecule has 0 aromatic rings. The van der Waals surface area contributed by atoms with E-state index in [2.05, 4.69) is 6.92 Å². The number of esters is 4. The molecule has 9 atom stereocenters. The Morgan fingerprint density at radius 1 is 0.976 bits per heavy atom. The predicted octanol–water partition coefficient (Wildman–Crippen LogP) is 7.16. The summed E-state index contributed by atoms with van der Waals surface area (Å²) >= 11 is 0. The lowest BCUT2D eigenvalue weighted by molar-refractivity contribution is -0.181. The molecule has 4 rings (SSSR count). The van der Waals surface area contributed by atoms with Crippen molar-refractivity contribution in [3.63, 3.8) is 0 Å². The SMILES string of the molecule is C.C.C.C.CCC(CC(C)(C)C(=O)OC(C)(C)C1CCC(C)C(OC(C)=O)C1)C(=O)OC1C2CC3C(=O)OC1C3C2. The lowest BCUT2D eigenvalue weighted by atomic mass is 9.73. The third kappa shape index (κ3) is 7.84. The first-order valence-corrected chi connectivity index (χ1v) is 14.0. The average molecular weight is 585 g/mol. The van der Waals surface area contributed by atoms with Gasteiger partial charge >= 0.3 is 23.9 Å². The van der Waals surface area contributed by atoms with Crippen molar-refractivity contribution in [2.24, 2.45) is 40.9 Å². The molecule has 240 valence electrons. The van der Waals surface area contributed by atoms with Crippen LogP contribution in [0, 0.1) is 40.9 Å². The second kappa shape index (κ2) is 14.4. The van der Waals surface area contributed by atoms with Gasteiger partial charge in [-0.05, 0) is 78.6 Å². The van der Waals surface area contributed by atoms with Crippen LogP contribution in [-0.2, 0) is 38.1 Å². The van der Waals surface area contributed by atoms with Crippen molar-refractivity contribution in [3.05, 3.63) is 0 Å². The molecule has 8 heteroatoms. The molecule has 1 saturated heterocycles. The molecule has 0 aromatic heterocycles. The lowest BCUT2D eigenvalue weighted by Gasteiger charge is -2.42. The highest BCUT2D eigenvalue weighted by molar-refractivity contribution is 5.79. The van der Waals surface area contributed by atoms with E-state index in [-0.39, 0.29) is 101 Å². The minimum Gasteiger partial charge on any atom is -0.462 e. The molecular weight excluding hydrogens is 524 g/mol. The summed E-state index contributed by atoms with van der Waals surface area (Å²) in [4.78, 5) is 50.2. The van der Waals surface area contributed by atoms with Gasteiger partial charge in [0.1, 0.15) is 23.9 Å². The Bertz CT molecular complexity index is 924. The lowest BCUT2D eigenvalue weighted by Crippen LogP contribution is -2.46. The largest absolute Gasteiger partial charge is 0.462 e. The molecule has 1 aliphatic heterocycles. The number of hydrogen-bond donors (Lipinski definition) is 0. The van der Waals surface area contributed by atoms with Gasteiger partial charge in [-0.15, -0.1) is 0 Å². The summed E-state index contributed by atoms with van der Waals surface area (Å²) in [5.41, 5.74) is -1.63. The Morgan fingerprint density at radius 3 is 2.20 bits per heavy atom. The molecule has 3 saturated carbocycles. The van der Waals surface area contributed by atoms with Crippen molar-refractivity contribution in [2.75, 3.05) is 0 Å². The number of hydrogen-bond acceptors (Lipinski definition) is 8. The number of carbonyl (C=O) groups is 4. The summed E-state index contributed by atoms with van der Waals surface area (Å²) in [5, 5.41) is 0. The van der Waals surface area contributed by atoms with Crippen molar-refractivity contribution in [1.29, 1.82) is 0 Å². The average Bonchev–Trinajstić information content (AvgIpc) is 3.43. The molecule has 41 heavy (non-hydrogen) atoms. The highest BCUT2D eigenvalue weighted by Gasteiger charge is 2.63. The quantitative estimate of drug-likeness (QED) is 0.208. The van der Waals surface area contributed by atoms with Crippen LogP contribution in [0.4, 0.5) is 0 Å². The van der Waals surface area contributed by atoms with Crippen LogP contribution in [-0.4, -0.2) is 47.8 Å². The Hall–Kier alpha value is -2.12. The van der Waals surface area contributed by atoms with Gasteiger partial charge in [0.2, 0.25) is 0 Å². The minimum absolute atomic E-state index is 0. The summed E-state index contributed by atoms with van der Waals surface area (Å²) in [6.07, 6.45) is 4.04. The third-order valence-electron chi connectivity index (χ3n) is 9.58. The zero-order valence-corrected chi connectivity index (χ0v) is 23.4. The molecule has 4 aliphatic rings. The van der Waals surface area contributed by atoms with Gasteiger partial charge in [0.05, 0.1) is 17.3 Å².